The second-order valence-electron chi connectivity index (χ2n) is 34.4. The normalized spacial score (nSPS) is 12.0. The smallest absolute Gasteiger partial charge is 0.144 e. The van der Waals surface area contributed by atoms with Gasteiger partial charge in [-0.1, -0.05) is 315 Å². The van der Waals surface area contributed by atoms with Crippen LogP contribution in [0.4, 0.5) is 0 Å². The largest absolute Gasteiger partial charge is 0.455 e. The van der Waals surface area contributed by atoms with Gasteiger partial charge in [0.15, 0.2) is 0 Å². The summed E-state index contributed by atoms with van der Waals surface area (Å²) in [6.45, 7) is 0. The highest BCUT2D eigenvalue weighted by Gasteiger charge is 2.26. The van der Waals surface area contributed by atoms with Gasteiger partial charge in [-0.05, 0) is 125 Å². The first-order valence-electron chi connectivity index (χ1n) is 45.1. The second kappa shape index (κ2) is 31.2. The Morgan fingerprint density at radius 1 is 0.141 bits per heavy atom. The van der Waals surface area contributed by atoms with Crippen LogP contribution in [0.15, 0.2) is 436 Å². The third-order valence-corrected chi connectivity index (χ3v) is 32.8. The minimum Gasteiger partial charge on any atom is -0.455 e. The number of fused-ring (bicyclic) bond motifs is 27. The molecule has 0 saturated heterocycles. The third-order valence-electron chi connectivity index (χ3n) is 26.7. The average Bonchev–Trinajstić information content (AvgIpc) is 1.58. The maximum atomic E-state index is 6.53. The van der Waals surface area contributed by atoms with Crippen molar-refractivity contribution >= 4 is 245 Å². The van der Waals surface area contributed by atoms with Crippen LogP contribution in [0.5, 0.6) is 0 Å². The van der Waals surface area contributed by atoms with Crippen molar-refractivity contribution in [2.45, 2.75) is 0 Å². The van der Waals surface area contributed by atoms with Crippen LogP contribution in [0.2, 0.25) is 0 Å². The molecule has 12 aromatic heterocycles. The molecule has 30 aromatic rings. The predicted octanol–water partition coefficient (Wildman–Crippen LogP) is 37.7. The molecule has 0 radical (unpaired) electrons. The number of rotatable bonds is 9. The van der Waals surface area contributed by atoms with Crippen LogP contribution < -0.4 is 0 Å². The van der Waals surface area contributed by atoms with Crippen LogP contribution in [0.3, 0.4) is 0 Å². The fourth-order valence-corrected chi connectivity index (χ4v) is 26.6. The number of aromatic nitrogens is 3. The van der Waals surface area contributed by atoms with E-state index in [2.05, 4.69) is 358 Å². The molecule has 0 bridgehead atoms. The molecule has 12 heteroatoms. The Labute approximate surface area is 790 Å². The highest BCUT2D eigenvalue weighted by molar-refractivity contribution is 7.28. The summed E-state index contributed by atoms with van der Waals surface area (Å²) in [4.78, 5) is 16.2. The number of thiophene rings is 5. The molecule has 630 valence electrons. The van der Waals surface area contributed by atoms with Crippen LogP contribution in [0, 0.1) is 0 Å². The summed E-state index contributed by atoms with van der Waals surface area (Å²) in [7, 11) is 0. The zero-order chi connectivity index (χ0) is 88.5. The van der Waals surface area contributed by atoms with Crippen molar-refractivity contribution in [1.29, 1.82) is 0 Å². The Kier molecular flexibility index (Phi) is 17.9. The lowest BCUT2D eigenvalue weighted by Crippen LogP contribution is -1.92. The average molecular weight is 1810 g/mol. The summed E-state index contributed by atoms with van der Waals surface area (Å²) < 4.78 is 38.9. The Balaban J connectivity index is 0.000000101. The van der Waals surface area contributed by atoms with Gasteiger partial charge in [-0.25, -0.2) is 15.0 Å². The molecule has 0 amide bonds. The standard InChI is InChI=1S/C41H23NO3.C41H23NOS2.C41H23NS3/c3*1-4-19-36-26(10-1)29-14-7-13-25(39(29)43-36)24-22-34(32-17-8-15-30-27-11-2-5-20-37(27)44-40(30)32)42-35(23-24)33-18-9-16-31-28-12-3-6-21-38(28)45-41(31)33/h3*1-23H. The Bertz CT molecular complexity index is 8310. The van der Waals surface area contributed by atoms with E-state index in [1.807, 2.05) is 117 Å². The zero-order valence-corrected chi connectivity index (χ0v) is 75.9. The summed E-state index contributed by atoms with van der Waals surface area (Å²) >= 11 is 9.29. The van der Waals surface area contributed by atoms with Gasteiger partial charge in [-0.15, -0.1) is 56.7 Å². The van der Waals surface area contributed by atoms with Crippen molar-refractivity contribution in [2.75, 3.05) is 0 Å². The SMILES string of the molecule is c1ccc2c(c1)oc1c(-c3cc(-c4cccc5c4oc4ccccc45)nc(-c4cccc5c4oc4ccccc45)c3)cccc12.c1ccc2c(c1)oc1c(-c3cc(-c4cccc5c4sc4ccccc45)nc(-c4cccc5c4sc4ccccc45)c3)cccc12.c1ccc2c(c1)sc1c(-c3cc(-c4cccc5c4sc4ccccc45)nc(-c4cccc5c4sc4ccccc45)c3)cccc12. The minimum atomic E-state index is 0.813. The molecular weight excluding hydrogens is 1740 g/mol. The second-order valence-corrected chi connectivity index (χ2v) is 39.7. The lowest BCUT2D eigenvalue weighted by Gasteiger charge is -2.12. The fourth-order valence-electron chi connectivity index (χ4n) is 20.5. The van der Waals surface area contributed by atoms with Gasteiger partial charge in [0.1, 0.15) is 44.7 Å². The van der Waals surface area contributed by atoms with Crippen LogP contribution >= 0.6 is 56.7 Å². The molecule has 0 aliphatic rings. The van der Waals surface area contributed by atoms with Crippen molar-refractivity contribution in [2.24, 2.45) is 0 Å². The lowest BCUT2D eigenvalue weighted by atomic mass is 9.97. The van der Waals surface area contributed by atoms with Gasteiger partial charge in [-0.2, -0.15) is 0 Å². The summed E-state index contributed by atoms with van der Waals surface area (Å²) in [6, 6.07) is 148. The van der Waals surface area contributed by atoms with Gasteiger partial charge >= 0.3 is 0 Å². The Morgan fingerprint density at radius 2 is 0.319 bits per heavy atom. The molecule has 135 heavy (non-hydrogen) atoms. The first-order valence-corrected chi connectivity index (χ1v) is 49.2. The highest BCUT2D eigenvalue weighted by Crippen LogP contribution is 2.51. The molecule has 0 aliphatic carbocycles. The topological polar surface area (TPSA) is 91.2 Å². The molecule has 30 rings (SSSR count). The molecular formula is C123H69N3O4S5. The van der Waals surface area contributed by atoms with E-state index in [9.17, 15) is 0 Å². The summed E-state index contributed by atoms with van der Waals surface area (Å²) in [5.74, 6) is 0. The Hall–Kier alpha value is -16.3. The number of nitrogens with zero attached hydrogens (tertiary/aromatic N) is 3. The maximum Gasteiger partial charge on any atom is 0.144 e. The van der Waals surface area contributed by atoms with Gasteiger partial charge in [0.05, 0.1) is 34.2 Å². The van der Waals surface area contributed by atoms with Gasteiger partial charge < -0.3 is 17.7 Å². The van der Waals surface area contributed by atoms with Gasteiger partial charge in [0, 0.05) is 188 Å². The first-order chi connectivity index (χ1) is 66.9. The number of benzene rings is 18. The molecule has 18 aromatic carbocycles. The molecule has 12 heterocycles. The van der Waals surface area contributed by atoms with Crippen molar-refractivity contribution in [3.63, 3.8) is 0 Å². The van der Waals surface area contributed by atoms with E-state index in [0.717, 1.165) is 166 Å². The van der Waals surface area contributed by atoms with Crippen molar-refractivity contribution < 1.29 is 17.7 Å². The van der Waals surface area contributed by atoms with Crippen LogP contribution in [0.25, 0.3) is 290 Å². The quantitative estimate of drug-likeness (QED) is 0.142. The maximum absolute atomic E-state index is 6.53. The molecule has 0 N–H and O–H groups in total. The van der Waals surface area contributed by atoms with Gasteiger partial charge in [-0.3, -0.25) is 0 Å². The van der Waals surface area contributed by atoms with Crippen LogP contribution in [-0.2, 0) is 0 Å². The number of hydrogen-bond donors (Lipinski definition) is 0. The van der Waals surface area contributed by atoms with Crippen LogP contribution in [-0.4, -0.2) is 15.0 Å². The van der Waals surface area contributed by atoms with E-state index in [-0.39, 0.29) is 0 Å². The van der Waals surface area contributed by atoms with E-state index in [1.54, 1.807) is 0 Å². The van der Waals surface area contributed by atoms with E-state index < -0.39 is 0 Å². The first kappa shape index (κ1) is 77.5. The molecule has 0 atom stereocenters. The Morgan fingerprint density at radius 3 is 0.585 bits per heavy atom. The molecule has 0 saturated carbocycles. The van der Waals surface area contributed by atoms with Gasteiger partial charge in [0.25, 0.3) is 0 Å². The number of para-hydroxylation sites is 8. The van der Waals surface area contributed by atoms with E-state index in [0.29, 0.717) is 0 Å². The minimum absolute atomic E-state index is 0.813. The molecule has 0 spiro atoms. The number of pyridine rings is 3. The van der Waals surface area contributed by atoms with Crippen molar-refractivity contribution in [3.8, 4) is 101 Å². The van der Waals surface area contributed by atoms with Crippen LogP contribution in [0.1, 0.15) is 0 Å². The van der Waals surface area contributed by atoms with E-state index in [4.69, 9.17) is 32.6 Å². The highest BCUT2D eigenvalue weighted by atomic mass is 32.1. The van der Waals surface area contributed by atoms with E-state index >= 15 is 0 Å². The zero-order valence-electron chi connectivity index (χ0n) is 71.9. The molecule has 7 nitrogen and oxygen atoms in total. The van der Waals surface area contributed by atoms with Gasteiger partial charge in [0.2, 0.25) is 0 Å². The van der Waals surface area contributed by atoms with Crippen molar-refractivity contribution in [3.05, 3.63) is 419 Å². The predicted molar refractivity (Wildman–Crippen MR) is 575 cm³/mol. The monoisotopic (exact) mass is 1810 g/mol. The summed E-state index contributed by atoms with van der Waals surface area (Å²) in [5.41, 5.74) is 25.6. The molecule has 0 fully saturated rings. The summed E-state index contributed by atoms with van der Waals surface area (Å²) in [5, 5.41) is 21.7. The number of furan rings is 4. The summed E-state index contributed by atoms with van der Waals surface area (Å²) in [6.07, 6.45) is 0. The van der Waals surface area contributed by atoms with Crippen molar-refractivity contribution in [1.82, 2.24) is 15.0 Å². The molecule has 0 unspecified atom stereocenters. The van der Waals surface area contributed by atoms with E-state index in [1.165, 1.54) is 123 Å². The number of hydrogen-bond acceptors (Lipinski definition) is 12. The molecule has 0 aliphatic heterocycles. The third kappa shape index (κ3) is 12.7. The fraction of sp³-hybridized carbons (Fsp3) is 0. The lowest BCUT2D eigenvalue weighted by molar-refractivity contribution is 0.669.